The molecule has 2 heterocycles. The maximum atomic E-state index is 12.8. The molecule has 0 spiro atoms. The summed E-state index contributed by atoms with van der Waals surface area (Å²) in [4.78, 5) is 13.0. The lowest BCUT2D eigenvalue weighted by atomic mass is 10.1. The lowest BCUT2D eigenvalue weighted by Gasteiger charge is -2.10. The molecule has 2 aromatic heterocycles. The van der Waals surface area contributed by atoms with Gasteiger partial charge in [-0.1, -0.05) is 6.92 Å². The number of hydrogen-bond acceptors (Lipinski definition) is 6. The van der Waals surface area contributed by atoms with E-state index in [4.69, 9.17) is 9.15 Å². The van der Waals surface area contributed by atoms with Gasteiger partial charge in [-0.3, -0.25) is 9.48 Å². The molecule has 0 aliphatic rings. The molecule has 0 aliphatic heterocycles. The lowest BCUT2D eigenvalue weighted by molar-refractivity contribution is 0.102. The molecule has 0 saturated heterocycles. The molecule has 0 saturated carbocycles. The number of nitrogens with one attached hydrogen (secondary N) is 1. The highest BCUT2D eigenvalue weighted by Gasteiger charge is 2.17. The van der Waals surface area contributed by atoms with Gasteiger partial charge in [0.15, 0.2) is 15.7 Å². The van der Waals surface area contributed by atoms with Crippen molar-refractivity contribution in [3.05, 3.63) is 66.1 Å². The van der Waals surface area contributed by atoms with E-state index in [1.807, 2.05) is 13.0 Å². The van der Waals surface area contributed by atoms with E-state index in [1.54, 1.807) is 48.3 Å². The van der Waals surface area contributed by atoms with Crippen molar-refractivity contribution in [2.24, 2.45) is 7.05 Å². The van der Waals surface area contributed by atoms with Crippen LogP contribution in [0.25, 0.3) is 11.0 Å². The number of anilines is 1. The van der Waals surface area contributed by atoms with Crippen LogP contribution in [0, 0.1) is 0 Å². The van der Waals surface area contributed by atoms with E-state index in [0.717, 1.165) is 17.4 Å². The first kappa shape index (κ1) is 20.7. The first-order valence-corrected chi connectivity index (χ1v) is 11.5. The fourth-order valence-electron chi connectivity index (χ4n) is 3.10. The molecule has 4 aromatic rings. The zero-order valence-electron chi connectivity index (χ0n) is 17.2. The zero-order chi connectivity index (χ0) is 22.2. The summed E-state index contributed by atoms with van der Waals surface area (Å²) in [6, 6.07) is 13.0. The number of carbonyl (C=O) groups excluding carboxylic acids is 1. The highest BCUT2D eigenvalue weighted by atomic mass is 32.2. The van der Waals surface area contributed by atoms with Crippen LogP contribution >= 0.6 is 0 Å². The summed E-state index contributed by atoms with van der Waals surface area (Å²) in [7, 11) is -1.54. The summed E-state index contributed by atoms with van der Waals surface area (Å²) in [5.41, 5.74) is 0.867. The third kappa shape index (κ3) is 4.46. The Labute approximate surface area is 179 Å². The molecular weight excluding hydrogens is 418 g/mol. The van der Waals surface area contributed by atoms with Crippen molar-refractivity contribution in [2.45, 2.75) is 18.2 Å². The topological polar surface area (TPSA) is 103 Å². The van der Waals surface area contributed by atoms with Crippen LogP contribution in [-0.4, -0.2) is 30.4 Å². The highest BCUT2D eigenvalue weighted by Crippen LogP contribution is 2.34. The van der Waals surface area contributed by atoms with Crippen molar-refractivity contribution in [3.8, 4) is 11.5 Å². The lowest BCUT2D eigenvalue weighted by Crippen LogP contribution is -2.12. The van der Waals surface area contributed by atoms with Gasteiger partial charge >= 0.3 is 0 Å². The van der Waals surface area contributed by atoms with Crippen LogP contribution in [0.2, 0.25) is 0 Å². The number of carbonyl (C=O) groups is 1. The van der Waals surface area contributed by atoms with Gasteiger partial charge in [-0.2, -0.15) is 5.10 Å². The predicted molar refractivity (Wildman–Crippen MR) is 116 cm³/mol. The van der Waals surface area contributed by atoms with E-state index in [9.17, 15) is 13.2 Å². The fraction of sp³-hybridized carbons (Fsp3) is 0.182. The third-order valence-corrected chi connectivity index (χ3v) is 5.82. The van der Waals surface area contributed by atoms with Crippen LogP contribution < -0.4 is 10.1 Å². The molecule has 0 fully saturated rings. The Morgan fingerprint density at radius 1 is 1.16 bits per heavy atom. The van der Waals surface area contributed by atoms with Crippen molar-refractivity contribution in [1.29, 1.82) is 0 Å². The number of aryl methyl sites for hydroxylation is 2. The molecule has 0 aliphatic carbocycles. The number of rotatable bonds is 6. The quantitative estimate of drug-likeness (QED) is 0.483. The number of benzene rings is 2. The molecule has 1 amide bonds. The normalized spacial score (nSPS) is 11.6. The van der Waals surface area contributed by atoms with Crippen molar-refractivity contribution in [3.63, 3.8) is 0 Å². The van der Waals surface area contributed by atoms with Gasteiger partial charge in [0.1, 0.15) is 22.8 Å². The summed E-state index contributed by atoms with van der Waals surface area (Å²) in [5.74, 6) is 1.71. The van der Waals surface area contributed by atoms with Crippen LogP contribution in [0.15, 0.2) is 64.0 Å². The van der Waals surface area contributed by atoms with Crippen LogP contribution in [0.3, 0.4) is 0 Å². The number of hydrogen-bond donors (Lipinski definition) is 1. The van der Waals surface area contributed by atoms with E-state index in [-0.39, 0.29) is 10.8 Å². The van der Waals surface area contributed by atoms with E-state index < -0.39 is 9.84 Å². The summed E-state index contributed by atoms with van der Waals surface area (Å²) < 4.78 is 36.8. The maximum Gasteiger partial charge on any atom is 0.257 e. The molecule has 2 aromatic carbocycles. The number of aromatic nitrogens is 2. The Morgan fingerprint density at radius 2 is 1.90 bits per heavy atom. The number of nitrogens with zero attached hydrogens (tertiary/aromatic N) is 2. The summed E-state index contributed by atoms with van der Waals surface area (Å²) in [5, 5.41) is 7.62. The molecule has 9 heteroatoms. The average molecular weight is 439 g/mol. The first-order valence-electron chi connectivity index (χ1n) is 9.58. The van der Waals surface area contributed by atoms with Gasteiger partial charge < -0.3 is 14.5 Å². The minimum absolute atomic E-state index is 0.199. The molecule has 0 unspecified atom stereocenters. The van der Waals surface area contributed by atoms with E-state index in [0.29, 0.717) is 34.9 Å². The molecular formula is C22H21N3O5S. The van der Waals surface area contributed by atoms with Crippen LogP contribution in [-0.2, 0) is 23.3 Å². The summed E-state index contributed by atoms with van der Waals surface area (Å²) in [6.45, 7) is 1.97. The molecule has 31 heavy (non-hydrogen) atoms. The van der Waals surface area contributed by atoms with E-state index >= 15 is 0 Å². The van der Waals surface area contributed by atoms with Gasteiger partial charge in [-0.15, -0.1) is 0 Å². The van der Waals surface area contributed by atoms with Gasteiger partial charge in [-0.05, 0) is 42.5 Å². The maximum absolute atomic E-state index is 12.8. The number of furan rings is 1. The molecule has 0 bridgehead atoms. The molecule has 160 valence electrons. The molecule has 0 radical (unpaired) electrons. The van der Waals surface area contributed by atoms with Crippen molar-refractivity contribution in [1.82, 2.24) is 9.78 Å². The number of amides is 1. The Bertz CT molecular complexity index is 1370. The minimum Gasteiger partial charge on any atom is -0.461 e. The zero-order valence-corrected chi connectivity index (χ0v) is 18.1. The largest absolute Gasteiger partial charge is 0.461 e. The van der Waals surface area contributed by atoms with Crippen LogP contribution in [0.5, 0.6) is 11.5 Å². The average Bonchev–Trinajstić information content (AvgIpc) is 3.33. The fourth-order valence-corrected chi connectivity index (χ4v) is 3.73. The number of ether oxygens (including phenoxy) is 1. The van der Waals surface area contributed by atoms with Crippen molar-refractivity contribution >= 4 is 32.5 Å². The second-order valence-electron chi connectivity index (χ2n) is 7.13. The minimum atomic E-state index is -3.30. The molecule has 1 N–H and O–H groups in total. The highest BCUT2D eigenvalue weighted by molar-refractivity contribution is 7.90. The Hall–Kier alpha value is -3.59. The van der Waals surface area contributed by atoms with Gasteiger partial charge in [0, 0.05) is 37.6 Å². The van der Waals surface area contributed by atoms with E-state index in [2.05, 4.69) is 10.4 Å². The standard InChI is InChI=1S/C22H21N3O5S/c1-4-15-13-18-19(29-15)11-14(22(26)23-21-9-10-25(2)24-21)12-20(18)30-16-5-7-17(8-6-16)31(3,27)28/h5-13H,4H2,1-3H3,(H,23,24,26). The Kier molecular flexibility index (Phi) is 5.28. The number of fused-ring (bicyclic) bond motifs is 1. The molecule has 0 atom stereocenters. The van der Waals surface area contributed by atoms with E-state index in [1.165, 1.54) is 12.1 Å². The second-order valence-corrected chi connectivity index (χ2v) is 9.14. The monoisotopic (exact) mass is 439 g/mol. The van der Waals surface area contributed by atoms with Gasteiger partial charge in [0.2, 0.25) is 0 Å². The number of sulfone groups is 1. The molecule has 4 rings (SSSR count). The summed E-state index contributed by atoms with van der Waals surface area (Å²) in [6.07, 6.45) is 3.56. The van der Waals surface area contributed by atoms with Crippen molar-refractivity contribution < 1.29 is 22.4 Å². The second kappa shape index (κ2) is 7.92. The first-order chi connectivity index (χ1) is 14.7. The summed E-state index contributed by atoms with van der Waals surface area (Å²) >= 11 is 0. The van der Waals surface area contributed by atoms with Gasteiger partial charge in [0.25, 0.3) is 5.91 Å². The SMILES string of the molecule is CCc1cc2c(Oc3ccc(S(C)(=O)=O)cc3)cc(C(=O)Nc3ccn(C)n3)cc2o1. The van der Waals surface area contributed by atoms with Crippen LogP contribution in [0.4, 0.5) is 5.82 Å². The smallest absolute Gasteiger partial charge is 0.257 e. The molecule has 8 nitrogen and oxygen atoms in total. The Morgan fingerprint density at radius 3 is 2.52 bits per heavy atom. The van der Waals surface area contributed by atoms with Gasteiger partial charge in [0.05, 0.1) is 10.3 Å². The Balaban J connectivity index is 1.70. The van der Waals surface area contributed by atoms with Crippen LogP contribution in [0.1, 0.15) is 23.0 Å². The van der Waals surface area contributed by atoms with Gasteiger partial charge in [-0.25, -0.2) is 8.42 Å². The van der Waals surface area contributed by atoms with Crippen molar-refractivity contribution in [2.75, 3.05) is 11.6 Å². The predicted octanol–water partition coefficient (Wildman–Crippen LogP) is 4.18. The third-order valence-electron chi connectivity index (χ3n) is 4.70.